The lowest BCUT2D eigenvalue weighted by Crippen LogP contribution is -2.42. The van der Waals surface area contributed by atoms with Crippen LogP contribution in [0, 0.1) is 13.8 Å². The van der Waals surface area contributed by atoms with E-state index in [0.29, 0.717) is 30.2 Å². The van der Waals surface area contributed by atoms with E-state index in [4.69, 9.17) is 14.2 Å². The second-order valence-corrected chi connectivity index (χ2v) is 9.33. The molecule has 4 aromatic carbocycles. The van der Waals surface area contributed by atoms with Crippen molar-refractivity contribution < 1.29 is 19.0 Å². The highest BCUT2D eigenvalue weighted by atomic mass is 16.5. The molecule has 1 aliphatic rings. The molecular weight excluding hydrogens is 450 g/mol. The molecule has 1 unspecified atom stereocenters. The Morgan fingerprint density at radius 2 is 1.58 bits per heavy atom. The van der Waals surface area contributed by atoms with Crippen molar-refractivity contribution >= 4 is 16.7 Å². The minimum absolute atomic E-state index is 0.00116. The van der Waals surface area contributed by atoms with Crippen molar-refractivity contribution in [3.8, 4) is 17.2 Å². The van der Waals surface area contributed by atoms with Crippen molar-refractivity contribution in [3.63, 3.8) is 0 Å². The highest BCUT2D eigenvalue weighted by Crippen LogP contribution is 2.39. The smallest absolute Gasteiger partial charge is 0.255 e. The molecule has 5 heteroatoms. The summed E-state index contributed by atoms with van der Waals surface area (Å²) < 4.78 is 17.5. The van der Waals surface area contributed by atoms with Crippen molar-refractivity contribution in [1.29, 1.82) is 0 Å². The van der Waals surface area contributed by atoms with Crippen LogP contribution in [-0.4, -0.2) is 38.2 Å². The number of carbonyl (C=O) groups is 1. The van der Waals surface area contributed by atoms with E-state index in [0.717, 1.165) is 45.2 Å². The third-order valence-electron chi connectivity index (χ3n) is 6.89. The minimum Gasteiger partial charge on any atom is -0.493 e. The van der Waals surface area contributed by atoms with E-state index in [9.17, 15) is 4.79 Å². The van der Waals surface area contributed by atoms with Crippen molar-refractivity contribution in [2.24, 2.45) is 0 Å². The Balaban J connectivity index is 1.56. The maximum atomic E-state index is 14.0. The van der Waals surface area contributed by atoms with Crippen molar-refractivity contribution in [1.82, 2.24) is 4.90 Å². The number of aryl methyl sites for hydroxylation is 2. The number of hydrogen-bond donors (Lipinski definition) is 0. The number of carbonyl (C=O) groups excluding carboxylic acids is 1. The Hall–Kier alpha value is -3.99. The summed E-state index contributed by atoms with van der Waals surface area (Å²) in [5, 5.41) is 2.01. The Morgan fingerprint density at radius 1 is 0.889 bits per heavy atom. The van der Waals surface area contributed by atoms with Crippen LogP contribution in [0.15, 0.2) is 72.8 Å². The Kier molecular flexibility index (Phi) is 6.55. The van der Waals surface area contributed by atoms with E-state index in [1.54, 1.807) is 14.2 Å². The van der Waals surface area contributed by atoms with Crippen LogP contribution in [0.5, 0.6) is 17.2 Å². The summed E-state index contributed by atoms with van der Waals surface area (Å²) in [5.41, 5.74) is 5.15. The maximum absolute atomic E-state index is 14.0. The molecule has 0 saturated carbocycles. The fraction of sp³-hybridized carbons (Fsp3) is 0.258. The quantitative estimate of drug-likeness (QED) is 0.325. The third kappa shape index (κ3) is 4.49. The normalized spacial score (nSPS) is 14.9. The van der Waals surface area contributed by atoms with Gasteiger partial charge in [-0.15, -0.1) is 0 Å². The first-order chi connectivity index (χ1) is 17.5. The van der Waals surface area contributed by atoms with Crippen LogP contribution in [-0.2, 0) is 6.42 Å². The van der Waals surface area contributed by atoms with Crippen LogP contribution >= 0.6 is 0 Å². The summed E-state index contributed by atoms with van der Waals surface area (Å²) in [6.45, 7) is 5.04. The number of ether oxygens (including phenoxy) is 3. The van der Waals surface area contributed by atoms with Crippen LogP contribution in [0.3, 0.4) is 0 Å². The van der Waals surface area contributed by atoms with Crippen LogP contribution in [0.25, 0.3) is 10.8 Å². The first-order valence-corrected chi connectivity index (χ1v) is 12.2. The second-order valence-electron chi connectivity index (χ2n) is 9.33. The fourth-order valence-electron chi connectivity index (χ4n) is 5.21. The van der Waals surface area contributed by atoms with Gasteiger partial charge in [-0.2, -0.15) is 0 Å². The molecule has 4 aromatic rings. The SMILES string of the molecule is COc1cc2c(cc1OC)C(COc1cc(C)cc(C)c1)N(C(=O)c1cccc3ccccc13)CC2. The van der Waals surface area contributed by atoms with Crippen molar-refractivity contribution in [3.05, 3.63) is 101 Å². The van der Waals surface area contributed by atoms with Crippen LogP contribution in [0.1, 0.15) is 38.7 Å². The number of benzene rings is 4. The van der Waals surface area contributed by atoms with E-state index < -0.39 is 0 Å². The van der Waals surface area contributed by atoms with Gasteiger partial charge in [-0.25, -0.2) is 0 Å². The summed E-state index contributed by atoms with van der Waals surface area (Å²) in [5.74, 6) is 2.14. The molecule has 0 N–H and O–H groups in total. The van der Waals surface area contributed by atoms with Crippen LogP contribution < -0.4 is 14.2 Å². The minimum atomic E-state index is -0.277. The lowest BCUT2D eigenvalue weighted by molar-refractivity contribution is 0.0591. The van der Waals surface area contributed by atoms with Gasteiger partial charge in [0.05, 0.1) is 20.3 Å². The molecule has 184 valence electrons. The average Bonchev–Trinajstić information content (AvgIpc) is 2.89. The largest absolute Gasteiger partial charge is 0.493 e. The van der Waals surface area contributed by atoms with Gasteiger partial charge in [-0.3, -0.25) is 4.79 Å². The van der Waals surface area contributed by atoms with Gasteiger partial charge in [-0.05, 0) is 83.6 Å². The van der Waals surface area contributed by atoms with Gasteiger partial charge in [0, 0.05) is 12.1 Å². The predicted molar refractivity (Wildman–Crippen MR) is 142 cm³/mol. The third-order valence-corrected chi connectivity index (χ3v) is 6.89. The number of hydrogen-bond acceptors (Lipinski definition) is 4. The molecule has 36 heavy (non-hydrogen) atoms. The summed E-state index contributed by atoms with van der Waals surface area (Å²) in [6, 6.07) is 23.8. The van der Waals surface area contributed by atoms with Gasteiger partial charge >= 0.3 is 0 Å². The molecule has 0 saturated heterocycles. The van der Waals surface area contributed by atoms with Gasteiger partial charge in [0.15, 0.2) is 11.5 Å². The van der Waals surface area contributed by atoms with Gasteiger partial charge in [0.2, 0.25) is 0 Å². The molecule has 0 spiro atoms. The predicted octanol–water partition coefficient (Wildman–Crippen LogP) is 6.29. The Labute approximate surface area is 212 Å². The number of methoxy groups -OCH3 is 2. The summed E-state index contributed by atoms with van der Waals surface area (Å²) in [6.07, 6.45) is 0.728. The standard InChI is InChI=1S/C31H31NO4/c1-20-14-21(2)16-24(15-20)36-19-28-27-18-30(35-4)29(34-3)17-23(27)12-13-32(28)31(33)26-11-7-9-22-8-5-6-10-25(22)26/h5-11,14-18,28H,12-13,19H2,1-4H3. The zero-order chi connectivity index (χ0) is 25.2. The molecule has 5 nitrogen and oxygen atoms in total. The molecule has 1 aliphatic heterocycles. The van der Waals surface area contributed by atoms with Gasteiger partial charge < -0.3 is 19.1 Å². The Bertz CT molecular complexity index is 1400. The fourth-order valence-corrected chi connectivity index (χ4v) is 5.21. The number of amides is 1. The lowest BCUT2D eigenvalue weighted by atomic mass is 9.91. The van der Waals surface area contributed by atoms with E-state index in [1.807, 2.05) is 71.6 Å². The lowest BCUT2D eigenvalue weighted by Gasteiger charge is -2.38. The molecule has 1 amide bonds. The van der Waals surface area contributed by atoms with E-state index in [2.05, 4.69) is 19.9 Å². The molecular formula is C31H31NO4. The number of rotatable bonds is 6. The zero-order valence-corrected chi connectivity index (χ0v) is 21.2. The second kappa shape index (κ2) is 9.94. The highest BCUT2D eigenvalue weighted by molar-refractivity contribution is 6.07. The van der Waals surface area contributed by atoms with E-state index in [-0.39, 0.29) is 11.9 Å². The van der Waals surface area contributed by atoms with Crippen molar-refractivity contribution in [2.45, 2.75) is 26.3 Å². The van der Waals surface area contributed by atoms with Gasteiger partial charge in [0.1, 0.15) is 12.4 Å². The highest BCUT2D eigenvalue weighted by Gasteiger charge is 2.34. The zero-order valence-electron chi connectivity index (χ0n) is 21.2. The molecule has 0 aliphatic carbocycles. The van der Waals surface area contributed by atoms with Crippen LogP contribution in [0.2, 0.25) is 0 Å². The first-order valence-electron chi connectivity index (χ1n) is 12.2. The molecule has 0 aromatic heterocycles. The Morgan fingerprint density at radius 3 is 2.33 bits per heavy atom. The van der Waals surface area contributed by atoms with Gasteiger partial charge in [-0.1, -0.05) is 42.5 Å². The number of nitrogens with zero attached hydrogens (tertiary/aromatic N) is 1. The molecule has 1 heterocycles. The summed E-state index contributed by atoms with van der Waals surface area (Å²) in [7, 11) is 3.28. The van der Waals surface area contributed by atoms with Crippen LogP contribution in [0.4, 0.5) is 0 Å². The topological polar surface area (TPSA) is 48.0 Å². The van der Waals surface area contributed by atoms with Gasteiger partial charge in [0.25, 0.3) is 5.91 Å². The summed E-state index contributed by atoms with van der Waals surface area (Å²) in [4.78, 5) is 16.0. The molecule has 0 bridgehead atoms. The van der Waals surface area contributed by atoms with Crippen molar-refractivity contribution in [2.75, 3.05) is 27.4 Å². The molecule has 5 rings (SSSR count). The monoisotopic (exact) mass is 481 g/mol. The summed E-state index contributed by atoms with van der Waals surface area (Å²) >= 11 is 0. The van der Waals surface area contributed by atoms with E-state index in [1.165, 1.54) is 0 Å². The molecule has 0 radical (unpaired) electrons. The maximum Gasteiger partial charge on any atom is 0.255 e. The number of fused-ring (bicyclic) bond motifs is 2. The average molecular weight is 482 g/mol. The molecule has 1 atom stereocenters. The van der Waals surface area contributed by atoms with E-state index >= 15 is 0 Å². The molecule has 0 fully saturated rings. The first kappa shape index (κ1) is 23.7.